The van der Waals surface area contributed by atoms with Gasteiger partial charge in [0.25, 0.3) is 0 Å². The first-order chi connectivity index (χ1) is 9.06. The van der Waals surface area contributed by atoms with Crippen molar-refractivity contribution in [2.45, 2.75) is 18.9 Å². The Balaban J connectivity index is 2.70. The second kappa shape index (κ2) is 7.92. The molecule has 4 nitrogen and oxygen atoms in total. The monoisotopic (exact) mass is 264 g/mol. The van der Waals surface area contributed by atoms with E-state index in [0.29, 0.717) is 0 Å². The van der Waals surface area contributed by atoms with Crippen LogP contribution in [0, 0.1) is 0 Å². The normalized spacial score (nSPS) is 14.2. The molecule has 2 atom stereocenters. The smallest absolute Gasteiger partial charge is 0.323 e. The molecular weight excluding hydrogens is 240 g/mol. The molecule has 0 amide bonds. The largest absolute Gasteiger partial charge is 0.468 e. The fourth-order valence-corrected chi connectivity index (χ4v) is 1.98. The topological polar surface area (TPSA) is 41.6 Å². The number of likely N-dealkylation sites (N-methyl/N-ethyl adjacent to an activating group) is 1. The molecule has 1 rings (SSSR count). The number of carbonyl (C=O) groups is 1. The molecule has 0 aliphatic carbocycles. The van der Waals surface area contributed by atoms with Gasteiger partial charge in [-0.3, -0.25) is 4.79 Å². The molecule has 0 radical (unpaired) electrons. The summed E-state index contributed by atoms with van der Waals surface area (Å²) in [6.07, 6.45) is 0. The average Bonchev–Trinajstić information content (AvgIpc) is 2.43. The molecule has 0 saturated carbocycles. The molecule has 0 aliphatic rings. The van der Waals surface area contributed by atoms with Crippen LogP contribution in [0.4, 0.5) is 0 Å². The average molecular weight is 264 g/mol. The SMILES string of the molecule is COC(=O)C(NCCN(C)C)C(C)c1ccccc1. The van der Waals surface area contributed by atoms with E-state index in [-0.39, 0.29) is 17.9 Å². The maximum Gasteiger partial charge on any atom is 0.323 e. The predicted molar refractivity (Wildman–Crippen MR) is 77.2 cm³/mol. The molecule has 0 aliphatic heterocycles. The Morgan fingerprint density at radius 3 is 2.47 bits per heavy atom. The van der Waals surface area contributed by atoms with Gasteiger partial charge >= 0.3 is 5.97 Å². The Morgan fingerprint density at radius 1 is 1.32 bits per heavy atom. The molecule has 0 heterocycles. The lowest BCUT2D eigenvalue weighted by molar-refractivity contribution is -0.143. The van der Waals surface area contributed by atoms with Crippen LogP contribution < -0.4 is 5.32 Å². The second-order valence-corrected chi connectivity index (χ2v) is 4.96. The van der Waals surface area contributed by atoms with Crippen LogP contribution in [0.15, 0.2) is 30.3 Å². The zero-order chi connectivity index (χ0) is 14.3. The summed E-state index contributed by atoms with van der Waals surface area (Å²) in [6.45, 7) is 3.68. The molecule has 4 heteroatoms. The van der Waals surface area contributed by atoms with E-state index in [1.54, 1.807) is 0 Å². The van der Waals surface area contributed by atoms with Crippen molar-refractivity contribution in [3.8, 4) is 0 Å². The lowest BCUT2D eigenvalue weighted by atomic mass is 9.93. The molecule has 1 aromatic carbocycles. The number of nitrogens with zero attached hydrogens (tertiary/aromatic N) is 1. The fourth-order valence-electron chi connectivity index (χ4n) is 1.98. The van der Waals surface area contributed by atoms with Crippen molar-refractivity contribution in [3.05, 3.63) is 35.9 Å². The minimum absolute atomic E-state index is 0.0795. The lowest BCUT2D eigenvalue weighted by Gasteiger charge is -2.24. The summed E-state index contributed by atoms with van der Waals surface area (Å²) in [4.78, 5) is 14.0. The Hall–Kier alpha value is -1.39. The van der Waals surface area contributed by atoms with Crippen LogP contribution in [0.3, 0.4) is 0 Å². The number of methoxy groups -OCH3 is 1. The number of rotatable bonds is 7. The zero-order valence-corrected chi connectivity index (χ0v) is 12.2. The third-order valence-corrected chi connectivity index (χ3v) is 3.20. The summed E-state index contributed by atoms with van der Waals surface area (Å²) in [6, 6.07) is 9.71. The highest BCUT2D eigenvalue weighted by atomic mass is 16.5. The number of benzene rings is 1. The van der Waals surface area contributed by atoms with Crippen molar-refractivity contribution in [1.82, 2.24) is 10.2 Å². The van der Waals surface area contributed by atoms with Gasteiger partial charge in [-0.1, -0.05) is 37.3 Å². The molecule has 0 fully saturated rings. The van der Waals surface area contributed by atoms with Crippen LogP contribution in [0.1, 0.15) is 18.4 Å². The molecule has 0 bridgehead atoms. The molecule has 106 valence electrons. The van der Waals surface area contributed by atoms with Crippen LogP contribution in [-0.2, 0) is 9.53 Å². The Bertz CT molecular complexity index is 379. The molecule has 1 aromatic rings. The van der Waals surface area contributed by atoms with Crippen molar-refractivity contribution >= 4 is 5.97 Å². The summed E-state index contributed by atoms with van der Waals surface area (Å²) >= 11 is 0. The van der Waals surface area contributed by atoms with Crippen molar-refractivity contribution in [3.63, 3.8) is 0 Å². The Labute approximate surface area is 115 Å². The zero-order valence-electron chi connectivity index (χ0n) is 12.2. The van der Waals surface area contributed by atoms with E-state index in [1.807, 2.05) is 51.4 Å². The second-order valence-electron chi connectivity index (χ2n) is 4.96. The third-order valence-electron chi connectivity index (χ3n) is 3.20. The summed E-state index contributed by atoms with van der Waals surface area (Å²) < 4.78 is 4.90. The Kier molecular flexibility index (Phi) is 6.53. The van der Waals surface area contributed by atoms with Gasteiger partial charge in [-0.25, -0.2) is 0 Å². The van der Waals surface area contributed by atoms with E-state index in [2.05, 4.69) is 10.2 Å². The number of nitrogens with one attached hydrogen (secondary N) is 1. The minimum atomic E-state index is -0.313. The number of ether oxygens (including phenoxy) is 1. The van der Waals surface area contributed by atoms with Crippen LogP contribution in [-0.4, -0.2) is 51.2 Å². The van der Waals surface area contributed by atoms with Crippen molar-refractivity contribution < 1.29 is 9.53 Å². The van der Waals surface area contributed by atoms with E-state index in [4.69, 9.17) is 4.74 Å². The van der Waals surface area contributed by atoms with Gasteiger partial charge in [0.15, 0.2) is 0 Å². The van der Waals surface area contributed by atoms with E-state index < -0.39 is 0 Å². The first-order valence-electron chi connectivity index (χ1n) is 6.57. The molecular formula is C15H24N2O2. The molecule has 0 aromatic heterocycles. The summed E-state index contributed by atoms with van der Waals surface area (Å²) in [7, 11) is 5.45. The molecule has 2 unspecified atom stereocenters. The van der Waals surface area contributed by atoms with E-state index in [9.17, 15) is 4.79 Å². The van der Waals surface area contributed by atoms with Crippen LogP contribution in [0.2, 0.25) is 0 Å². The highest BCUT2D eigenvalue weighted by Crippen LogP contribution is 2.19. The highest BCUT2D eigenvalue weighted by Gasteiger charge is 2.26. The van der Waals surface area contributed by atoms with Crippen LogP contribution >= 0.6 is 0 Å². The number of carbonyl (C=O) groups excluding carboxylic acids is 1. The first-order valence-corrected chi connectivity index (χ1v) is 6.57. The third kappa shape index (κ3) is 5.01. The standard InChI is InChI=1S/C15H24N2O2/c1-12(13-8-6-5-7-9-13)14(15(18)19-4)16-10-11-17(2)3/h5-9,12,14,16H,10-11H2,1-4H3. The van der Waals surface area contributed by atoms with Crippen molar-refractivity contribution in [1.29, 1.82) is 0 Å². The van der Waals surface area contributed by atoms with E-state index >= 15 is 0 Å². The molecule has 0 saturated heterocycles. The number of esters is 1. The molecule has 0 spiro atoms. The lowest BCUT2D eigenvalue weighted by Crippen LogP contribution is -2.44. The van der Waals surface area contributed by atoms with Crippen LogP contribution in [0.25, 0.3) is 0 Å². The number of hydrogen-bond acceptors (Lipinski definition) is 4. The van der Waals surface area contributed by atoms with Gasteiger partial charge in [-0.15, -0.1) is 0 Å². The molecule has 1 N–H and O–H groups in total. The summed E-state index contributed by atoms with van der Waals surface area (Å²) in [5.41, 5.74) is 1.13. The van der Waals surface area contributed by atoms with Gasteiger partial charge in [0, 0.05) is 19.0 Å². The van der Waals surface area contributed by atoms with Gasteiger partial charge < -0.3 is 15.0 Å². The van der Waals surface area contributed by atoms with Gasteiger partial charge in [0.05, 0.1) is 7.11 Å². The highest BCUT2D eigenvalue weighted by molar-refractivity contribution is 5.77. The maximum absolute atomic E-state index is 11.9. The van der Waals surface area contributed by atoms with Gasteiger partial charge in [-0.2, -0.15) is 0 Å². The van der Waals surface area contributed by atoms with Crippen molar-refractivity contribution in [2.75, 3.05) is 34.3 Å². The maximum atomic E-state index is 11.9. The quantitative estimate of drug-likeness (QED) is 0.758. The fraction of sp³-hybridized carbons (Fsp3) is 0.533. The number of hydrogen-bond donors (Lipinski definition) is 1. The van der Waals surface area contributed by atoms with E-state index in [0.717, 1.165) is 18.7 Å². The van der Waals surface area contributed by atoms with Gasteiger partial charge in [-0.05, 0) is 19.7 Å². The summed E-state index contributed by atoms with van der Waals surface area (Å²) in [5, 5.41) is 3.28. The first kappa shape index (κ1) is 15.7. The Morgan fingerprint density at radius 2 is 1.95 bits per heavy atom. The predicted octanol–water partition coefficient (Wildman–Crippen LogP) is 1.48. The van der Waals surface area contributed by atoms with E-state index in [1.165, 1.54) is 7.11 Å². The van der Waals surface area contributed by atoms with Crippen molar-refractivity contribution in [2.24, 2.45) is 0 Å². The molecule has 19 heavy (non-hydrogen) atoms. The van der Waals surface area contributed by atoms with Gasteiger partial charge in [0.2, 0.25) is 0 Å². The van der Waals surface area contributed by atoms with Crippen LogP contribution in [0.5, 0.6) is 0 Å². The summed E-state index contributed by atoms with van der Waals surface area (Å²) in [5.74, 6) is -0.133. The van der Waals surface area contributed by atoms with Gasteiger partial charge in [0.1, 0.15) is 6.04 Å². The minimum Gasteiger partial charge on any atom is -0.468 e.